The molecule has 0 aliphatic heterocycles. The molecule has 0 unspecified atom stereocenters. The molecule has 0 fully saturated rings. The van der Waals surface area contributed by atoms with E-state index >= 15 is 0 Å². The van der Waals surface area contributed by atoms with Gasteiger partial charge in [0.05, 0.1) is 15.6 Å². The molecule has 8 nitrogen and oxygen atoms in total. The predicted octanol–water partition coefficient (Wildman–Crippen LogP) is 4.28. The summed E-state index contributed by atoms with van der Waals surface area (Å²) in [6.45, 7) is 2.50. The summed E-state index contributed by atoms with van der Waals surface area (Å²) in [4.78, 5) is 25.5. The number of carbonyl (C=O) groups is 1. The number of halogens is 2. The number of hydrogen-bond donors (Lipinski definition) is 4. The average molecular weight is 447 g/mol. The van der Waals surface area contributed by atoms with Crippen LogP contribution in [0.3, 0.4) is 0 Å². The zero-order valence-corrected chi connectivity index (χ0v) is 17.6. The van der Waals surface area contributed by atoms with Gasteiger partial charge in [-0.1, -0.05) is 29.3 Å². The van der Waals surface area contributed by atoms with E-state index in [2.05, 4.69) is 30.9 Å². The lowest BCUT2D eigenvalue weighted by Crippen LogP contribution is -2.13. The molecule has 4 N–H and O–H groups in total. The van der Waals surface area contributed by atoms with E-state index in [1.807, 2.05) is 6.92 Å². The van der Waals surface area contributed by atoms with Crippen LogP contribution in [-0.4, -0.2) is 39.1 Å². The molecular weight excluding hydrogens is 427 g/mol. The van der Waals surface area contributed by atoms with Crippen LogP contribution < -0.4 is 16.0 Å². The fourth-order valence-corrected chi connectivity index (χ4v) is 3.18. The van der Waals surface area contributed by atoms with Crippen LogP contribution >= 0.6 is 23.2 Å². The molecule has 0 saturated heterocycles. The number of anilines is 4. The SMILES string of the molecule is Cc1cc(Nc2cc(NC(=O)c3c(Cl)cccc3Cl)ccn2)nc(NCCCO)n1. The van der Waals surface area contributed by atoms with E-state index in [-0.39, 0.29) is 22.2 Å². The molecule has 30 heavy (non-hydrogen) atoms. The molecule has 2 aromatic heterocycles. The number of benzene rings is 1. The number of amides is 1. The van der Waals surface area contributed by atoms with Crippen LogP contribution in [0.1, 0.15) is 22.5 Å². The largest absolute Gasteiger partial charge is 0.396 e. The number of hydrogen-bond acceptors (Lipinski definition) is 7. The quantitative estimate of drug-likeness (QED) is 0.382. The Morgan fingerprint density at radius 3 is 2.60 bits per heavy atom. The van der Waals surface area contributed by atoms with Gasteiger partial charge >= 0.3 is 0 Å². The minimum atomic E-state index is -0.420. The van der Waals surface area contributed by atoms with Gasteiger partial charge in [0.15, 0.2) is 0 Å². The van der Waals surface area contributed by atoms with Crippen molar-refractivity contribution in [3.8, 4) is 0 Å². The van der Waals surface area contributed by atoms with E-state index in [0.29, 0.717) is 36.2 Å². The fourth-order valence-electron chi connectivity index (χ4n) is 2.61. The molecule has 0 aliphatic rings. The summed E-state index contributed by atoms with van der Waals surface area (Å²) in [5.74, 6) is 1.05. The molecule has 156 valence electrons. The number of nitrogens with zero attached hydrogens (tertiary/aromatic N) is 3. The lowest BCUT2D eigenvalue weighted by Gasteiger charge is -2.11. The Bertz CT molecular complexity index is 1030. The molecule has 2 heterocycles. The number of pyridine rings is 1. The van der Waals surface area contributed by atoms with Crippen molar-refractivity contribution < 1.29 is 9.90 Å². The van der Waals surface area contributed by atoms with E-state index in [0.717, 1.165) is 5.69 Å². The van der Waals surface area contributed by atoms with Gasteiger partial charge in [-0.2, -0.15) is 4.98 Å². The van der Waals surface area contributed by atoms with Gasteiger partial charge in [0.1, 0.15) is 11.6 Å². The van der Waals surface area contributed by atoms with Crippen molar-refractivity contribution in [3.05, 3.63) is 63.9 Å². The second-order valence-electron chi connectivity index (χ2n) is 6.33. The molecule has 1 amide bonds. The first-order valence-corrected chi connectivity index (χ1v) is 9.90. The number of aromatic nitrogens is 3. The molecule has 0 saturated carbocycles. The van der Waals surface area contributed by atoms with E-state index in [9.17, 15) is 4.79 Å². The normalized spacial score (nSPS) is 10.5. The molecule has 0 aliphatic carbocycles. The van der Waals surface area contributed by atoms with E-state index in [1.165, 1.54) is 0 Å². The zero-order valence-electron chi connectivity index (χ0n) is 16.1. The van der Waals surface area contributed by atoms with Crippen LogP contribution in [0.5, 0.6) is 0 Å². The maximum absolute atomic E-state index is 12.6. The van der Waals surface area contributed by atoms with Crippen LogP contribution in [0, 0.1) is 6.92 Å². The molecule has 3 rings (SSSR count). The highest BCUT2D eigenvalue weighted by molar-refractivity contribution is 6.40. The summed E-state index contributed by atoms with van der Waals surface area (Å²) in [6.07, 6.45) is 2.15. The van der Waals surface area contributed by atoms with Crippen molar-refractivity contribution in [2.75, 3.05) is 29.1 Å². The first kappa shape index (κ1) is 21.8. The van der Waals surface area contributed by atoms with Crippen molar-refractivity contribution in [2.45, 2.75) is 13.3 Å². The third-order valence-electron chi connectivity index (χ3n) is 3.94. The Labute approximate surface area is 183 Å². The van der Waals surface area contributed by atoms with Crippen molar-refractivity contribution in [1.82, 2.24) is 15.0 Å². The molecule has 0 bridgehead atoms. The van der Waals surface area contributed by atoms with Crippen LogP contribution in [0.15, 0.2) is 42.6 Å². The van der Waals surface area contributed by atoms with Crippen molar-refractivity contribution >= 4 is 52.4 Å². The summed E-state index contributed by atoms with van der Waals surface area (Å²) in [7, 11) is 0. The number of aryl methyl sites for hydroxylation is 1. The Morgan fingerprint density at radius 2 is 1.87 bits per heavy atom. The minimum Gasteiger partial charge on any atom is -0.396 e. The Kier molecular flexibility index (Phi) is 7.40. The van der Waals surface area contributed by atoms with Crippen LogP contribution in [-0.2, 0) is 0 Å². The topological polar surface area (TPSA) is 112 Å². The summed E-state index contributed by atoms with van der Waals surface area (Å²) in [6, 6.07) is 9.97. The van der Waals surface area contributed by atoms with Gasteiger partial charge in [0, 0.05) is 42.9 Å². The summed E-state index contributed by atoms with van der Waals surface area (Å²) in [5, 5.41) is 18.3. The van der Waals surface area contributed by atoms with Gasteiger partial charge in [-0.05, 0) is 31.5 Å². The monoisotopic (exact) mass is 446 g/mol. The van der Waals surface area contributed by atoms with Gasteiger partial charge in [-0.25, -0.2) is 9.97 Å². The summed E-state index contributed by atoms with van der Waals surface area (Å²) < 4.78 is 0. The summed E-state index contributed by atoms with van der Waals surface area (Å²) >= 11 is 12.2. The number of carbonyl (C=O) groups excluding carboxylic acids is 1. The standard InChI is InChI=1S/C20H20Cl2N6O2/c1-12-10-17(28-20(25-12)24-7-3-9-29)27-16-11-13(6-8-23-16)26-19(30)18-14(21)4-2-5-15(18)22/h2,4-6,8,10-11,29H,3,7,9H2,1H3,(H3,23,24,25,26,27,28,30). The van der Waals surface area contributed by atoms with Gasteiger partial charge in [-0.15, -0.1) is 0 Å². The molecule has 0 spiro atoms. The van der Waals surface area contributed by atoms with Gasteiger partial charge in [0.2, 0.25) is 5.95 Å². The first-order valence-electron chi connectivity index (χ1n) is 9.15. The molecular formula is C20H20Cl2N6O2. The van der Waals surface area contributed by atoms with Crippen LogP contribution in [0.25, 0.3) is 0 Å². The van der Waals surface area contributed by atoms with Crippen LogP contribution in [0.4, 0.5) is 23.3 Å². The lowest BCUT2D eigenvalue weighted by molar-refractivity contribution is 0.102. The van der Waals surface area contributed by atoms with Gasteiger partial charge in [-0.3, -0.25) is 4.79 Å². The first-order chi connectivity index (χ1) is 14.5. The van der Waals surface area contributed by atoms with Gasteiger partial charge < -0.3 is 21.1 Å². The fraction of sp³-hybridized carbons (Fsp3) is 0.200. The molecule has 10 heteroatoms. The Hall–Kier alpha value is -2.94. The summed E-state index contributed by atoms with van der Waals surface area (Å²) in [5.41, 5.74) is 1.48. The minimum absolute atomic E-state index is 0.0890. The maximum atomic E-state index is 12.6. The van der Waals surface area contributed by atoms with Crippen molar-refractivity contribution in [3.63, 3.8) is 0 Å². The molecule has 0 atom stereocenters. The van der Waals surface area contributed by atoms with Crippen molar-refractivity contribution in [2.24, 2.45) is 0 Å². The highest BCUT2D eigenvalue weighted by Crippen LogP contribution is 2.26. The van der Waals surface area contributed by atoms with Crippen molar-refractivity contribution in [1.29, 1.82) is 0 Å². The average Bonchev–Trinajstić information content (AvgIpc) is 2.68. The molecule has 0 radical (unpaired) electrons. The molecule has 3 aromatic rings. The van der Waals surface area contributed by atoms with E-state index < -0.39 is 5.91 Å². The third kappa shape index (κ3) is 5.79. The highest BCUT2D eigenvalue weighted by atomic mass is 35.5. The molecule has 1 aromatic carbocycles. The Balaban J connectivity index is 1.74. The highest BCUT2D eigenvalue weighted by Gasteiger charge is 2.15. The van der Waals surface area contributed by atoms with E-state index in [1.54, 1.807) is 42.6 Å². The number of nitrogens with one attached hydrogen (secondary N) is 3. The van der Waals surface area contributed by atoms with Crippen LogP contribution in [0.2, 0.25) is 10.0 Å². The third-order valence-corrected chi connectivity index (χ3v) is 4.57. The lowest BCUT2D eigenvalue weighted by atomic mass is 10.2. The van der Waals surface area contributed by atoms with E-state index in [4.69, 9.17) is 28.3 Å². The maximum Gasteiger partial charge on any atom is 0.258 e. The second kappa shape index (κ2) is 10.2. The zero-order chi connectivity index (χ0) is 21.5. The number of aliphatic hydroxyl groups is 1. The second-order valence-corrected chi connectivity index (χ2v) is 7.14. The van der Waals surface area contributed by atoms with Gasteiger partial charge in [0.25, 0.3) is 5.91 Å². The number of rotatable bonds is 8. The Morgan fingerprint density at radius 1 is 1.10 bits per heavy atom. The smallest absolute Gasteiger partial charge is 0.258 e. The predicted molar refractivity (Wildman–Crippen MR) is 119 cm³/mol. The number of aliphatic hydroxyl groups excluding tert-OH is 1.